The largest absolute Gasteiger partial charge is 0.489 e. The van der Waals surface area contributed by atoms with Crippen LogP contribution >= 0.6 is 0 Å². The Morgan fingerprint density at radius 3 is 2.81 bits per heavy atom. The summed E-state index contributed by atoms with van der Waals surface area (Å²) in [6.07, 6.45) is 1.63. The van der Waals surface area contributed by atoms with Crippen molar-refractivity contribution in [3.05, 3.63) is 72.6 Å². The number of halogens is 1. The molecule has 0 heterocycles. The molecular weight excluding hydrogens is 269 g/mol. The number of ether oxygens (including phenoxy) is 1. The van der Waals surface area contributed by atoms with Gasteiger partial charge in [0, 0.05) is 11.8 Å². The minimum atomic E-state index is -0.379. The Labute approximate surface area is 123 Å². The molecule has 3 nitrogen and oxygen atoms in total. The Bertz CT molecular complexity index is 640. The Morgan fingerprint density at radius 2 is 2.05 bits per heavy atom. The minimum absolute atomic E-state index is 0.00951. The van der Waals surface area contributed by atoms with Crippen LogP contribution in [0.5, 0.6) is 5.75 Å². The standard InChI is InChI=1S/C17H16FNO2/c1-2-10-21-15-8-5-7-14(12-15)19-17(20)11-13-6-3-4-9-16(13)18/h2-9,12H,1,10-11H2,(H,19,20). The first kappa shape index (κ1) is 14.8. The first-order chi connectivity index (χ1) is 10.2. The van der Waals surface area contributed by atoms with E-state index in [2.05, 4.69) is 11.9 Å². The van der Waals surface area contributed by atoms with Gasteiger partial charge in [-0.3, -0.25) is 4.79 Å². The van der Waals surface area contributed by atoms with E-state index in [-0.39, 0.29) is 18.1 Å². The molecule has 0 aliphatic carbocycles. The van der Waals surface area contributed by atoms with Gasteiger partial charge >= 0.3 is 0 Å². The monoisotopic (exact) mass is 285 g/mol. The smallest absolute Gasteiger partial charge is 0.228 e. The first-order valence-corrected chi connectivity index (χ1v) is 6.56. The van der Waals surface area contributed by atoms with E-state index in [0.29, 0.717) is 23.6 Å². The molecule has 0 atom stereocenters. The fourth-order valence-corrected chi connectivity index (χ4v) is 1.84. The van der Waals surface area contributed by atoms with Crippen LogP contribution in [0.15, 0.2) is 61.2 Å². The van der Waals surface area contributed by atoms with E-state index in [1.807, 2.05) is 0 Å². The number of anilines is 1. The third-order valence-electron chi connectivity index (χ3n) is 2.79. The normalized spacial score (nSPS) is 9.95. The molecular formula is C17H16FNO2. The van der Waals surface area contributed by atoms with Crippen molar-refractivity contribution >= 4 is 11.6 Å². The van der Waals surface area contributed by atoms with Crippen molar-refractivity contribution in [2.45, 2.75) is 6.42 Å². The van der Waals surface area contributed by atoms with Crippen molar-refractivity contribution in [2.75, 3.05) is 11.9 Å². The highest BCUT2D eigenvalue weighted by Gasteiger charge is 2.08. The van der Waals surface area contributed by atoms with Crippen LogP contribution in [0.25, 0.3) is 0 Å². The molecule has 0 fully saturated rings. The molecule has 2 aromatic rings. The van der Waals surface area contributed by atoms with E-state index in [0.717, 1.165) is 0 Å². The molecule has 0 aromatic heterocycles. The number of carbonyl (C=O) groups excluding carboxylic acids is 1. The zero-order chi connectivity index (χ0) is 15.1. The minimum Gasteiger partial charge on any atom is -0.489 e. The van der Waals surface area contributed by atoms with Crippen molar-refractivity contribution in [1.82, 2.24) is 0 Å². The highest BCUT2D eigenvalue weighted by Crippen LogP contribution is 2.18. The molecule has 0 unspecified atom stereocenters. The van der Waals surface area contributed by atoms with E-state index >= 15 is 0 Å². The number of carbonyl (C=O) groups is 1. The molecule has 0 spiro atoms. The van der Waals surface area contributed by atoms with Gasteiger partial charge in [0.05, 0.1) is 6.42 Å². The fraction of sp³-hybridized carbons (Fsp3) is 0.118. The second-order valence-corrected chi connectivity index (χ2v) is 4.44. The van der Waals surface area contributed by atoms with Crippen LogP contribution in [0, 0.1) is 5.82 Å². The van der Waals surface area contributed by atoms with Crippen LogP contribution in [0.1, 0.15) is 5.56 Å². The quantitative estimate of drug-likeness (QED) is 0.824. The lowest BCUT2D eigenvalue weighted by Gasteiger charge is -2.08. The number of nitrogens with one attached hydrogen (secondary N) is 1. The lowest BCUT2D eigenvalue weighted by molar-refractivity contribution is -0.115. The number of rotatable bonds is 6. The predicted molar refractivity (Wildman–Crippen MR) is 80.9 cm³/mol. The van der Waals surface area contributed by atoms with Gasteiger partial charge in [0.15, 0.2) is 0 Å². The topological polar surface area (TPSA) is 38.3 Å². The summed E-state index contributed by atoms with van der Waals surface area (Å²) in [6, 6.07) is 13.3. The molecule has 0 radical (unpaired) electrons. The number of benzene rings is 2. The van der Waals surface area contributed by atoms with Crippen molar-refractivity contribution in [1.29, 1.82) is 0 Å². The van der Waals surface area contributed by atoms with Crippen LogP contribution < -0.4 is 10.1 Å². The molecule has 108 valence electrons. The van der Waals surface area contributed by atoms with Gasteiger partial charge in [0.2, 0.25) is 5.91 Å². The highest BCUT2D eigenvalue weighted by molar-refractivity contribution is 5.92. The Kier molecular flexibility index (Phi) is 5.10. The van der Waals surface area contributed by atoms with E-state index in [1.165, 1.54) is 6.07 Å². The Hall–Kier alpha value is -2.62. The molecule has 0 saturated carbocycles. The van der Waals surface area contributed by atoms with E-state index in [1.54, 1.807) is 48.5 Å². The Morgan fingerprint density at radius 1 is 1.24 bits per heavy atom. The van der Waals surface area contributed by atoms with Gasteiger partial charge in [-0.2, -0.15) is 0 Å². The molecule has 2 aromatic carbocycles. The lowest BCUT2D eigenvalue weighted by Crippen LogP contribution is -2.15. The summed E-state index contributed by atoms with van der Waals surface area (Å²) in [6.45, 7) is 3.97. The maximum Gasteiger partial charge on any atom is 0.228 e. The van der Waals surface area contributed by atoms with Crippen LogP contribution in [0.2, 0.25) is 0 Å². The number of amides is 1. The molecule has 4 heteroatoms. The van der Waals surface area contributed by atoms with Gasteiger partial charge in [0.25, 0.3) is 0 Å². The Balaban J connectivity index is 1.99. The van der Waals surface area contributed by atoms with Crippen molar-refractivity contribution in [3.63, 3.8) is 0 Å². The second kappa shape index (κ2) is 7.24. The second-order valence-electron chi connectivity index (χ2n) is 4.44. The summed E-state index contributed by atoms with van der Waals surface area (Å²) in [4.78, 5) is 11.9. The fourth-order valence-electron chi connectivity index (χ4n) is 1.84. The third-order valence-corrected chi connectivity index (χ3v) is 2.79. The maximum absolute atomic E-state index is 13.5. The van der Waals surface area contributed by atoms with Gasteiger partial charge in [-0.15, -0.1) is 0 Å². The lowest BCUT2D eigenvalue weighted by atomic mass is 10.1. The number of hydrogen-bond acceptors (Lipinski definition) is 2. The molecule has 0 aliphatic rings. The van der Waals surface area contributed by atoms with Gasteiger partial charge < -0.3 is 10.1 Å². The summed E-state index contributed by atoms with van der Waals surface area (Å²) < 4.78 is 18.9. The zero-order valence-corrected chi connectivity index (χ0v) is 11.5. The summed E-state index contributed by atoms with van der Waals surface area (Å²) in [5, 5.41) is 2.72. The highest BCUT2D eigenvalue weighted by atomic mass is 19.1. The summed E-state index contributed by atoms with van der Waals surface area (Å²) >= 11 is 0. The molecule has 0 bridgehead atoms. The molecule has 2 rings (SSSR count). The van der Waals surface area contributed by atoms with Crippen LogP contribution in [0.4, 0.5) is 10.1 Å². The molecule has 21 heavy (non-hydrogen) atoms. The van der Waals surface area contributed by atoms with Crippen molar-refractivity contribution in [3.8, 4) is 5.75 Å². The molecule has 1 amide bonds. The molecule has 1 N–H and O–H groups in total. The molecule has 0 aliphatic heterocycles. The van der Waals surface area contributed by atoms with Gasteiger partial charge in [-0.05, 0) is 23.8 Å². The van der Waals surface area contributed by atoms with Gasteiger partial charge in [-0.25, -0.2) is 4.39 Å². The summed E-state index contributed by atoms with van der Waals surface area (Å²) in [5.41, 5.74) is 0.979. The average molecular weight is 285 g/mol. The van der Waals surface area contributed by atoms with E-state index < -0.39 is 0 Å². The van der Waals surface area contributed by atoms with E-state index in [4.69, 9.17) is 4.74 Å². The van der Waals surface area contributed by atoms with Gasteiger partial charge in [-0.1, -0.05) is 36.9 Å². The number of hydrogen-bond donors (Lipinski definition) is 1. The first-order valence-electron chi connectivity index (χ1n) is 6.56. The van der Waals surface area contributed by atoms with Crippen LogP contribution in [-0.2, 0) is 11.2 Å². The van der Waals surface area contributed by atoms with Crippen molar-refractivity contribution < 1.29 is 13.9 Å². The summed E-state index contributed by atoms with van der Waals surface area (Å²) in [5.74, 6) is -0.0183. The van der Waals surface area contributed by atoms with Crippen LogP contribution in [0.3, 0.4) is 0 Å². The predicted octanol–water partition coefficient (Wildman–Crippen LogP) is 3.57. The molecule has 0 saturated heterocycles. The third kappa shape index (κ3) is 4.45. The SMILES string of the molecule is C=CCOc1cccc(NC(=O)Cc2ccccc2F)c1. The average Bonchev–Trinajstić information content (AvgIpc) is 2.48. The zero-order valence-electron chi connectivity index (χ0n) is 11.5. The summed E-state index contributed by atoms with van der Waals surface area (Å²) in [7, 11) is 0. The van der Waals surface area contributed by atoms with Crippen LogP contribution in [-0.4, -0.2) is 12.5 Å². The maximum atomic E-state index is 13.5. The van der Waals surface area contributed by atoms with Crippen molar-refractivity contribution in [2.24, 2.45) is 0 Å². The van der Waals surface area contributed by atoms with Gasteiger partial charge in [0.1, 0.15) is 18.2 Å². The van der Waals surface area contributed by atoms with E-state index in [9.17, 15) is 9.18 Å².